The zero-order valence-corrected chi connectivity index (χ0v) is 11.7. The van der Waals surface area contributed by atoms with Crippen LogP contribution in [0.4, 0.5) is 8.78 Å². The van der Waals surface area contributed by atoms with Gasteiger partial charge in [-0.15, -0.1) is 0 Å². The second-order valence-corrected chi connectivity index (χ2v) is 5.66. The molecule has 0 spiro atoms. The molecule has 0 radical (unpaired) electrons. The fourth-order valence-corrected chi connectivity index (χ4v) is 2.07. The number of benzene rings is 1. The van der Waals surface area contributed by atoms with E-state index in [-0.39, 0.29) is 16.6 Å². The average Bonchev–Trinajstić information content (AvgIpc) is 2.16. The molecule has 0 saturated heterocycles. The fraction of sp³-hybridized carbons (Fsp3) is 0.500. The Morgan fingerprint density at radius 1 is 1.35 bits per heavy atom. The van der Waals surface area contributed by atoms with Crippen LogP contribution in [0.5, 0.6) is 0 Å². The SMILES string of the molecule is CN(Cc1c(F)ccc(Br)c1F)CC(C)(C)O. The van der Waals surface area contributed by atoms with Crippen LogP contribution in [0.25, 0.3) is 0 Å². The van der Waals surface area contributed by atoms with Crippen LogP contribution < -0.4 is 0 Å². The molecule has 0 heterocycles. The summed E-state index contributed by atoms with van der Waals surface area (Å²) in [5.74, 6) is -1.17. The molecule has 1 rings (SSSR count). The summed E-state index contributed by atoms with van der Waals surface area (Å²) in [4.78, 5) is 1.67. The van der Waals surface area contributed by atoms with Gasteiger partial charge in [0, 0.05) is 18.7 Å². The molecule has 0 fully saturated rings. The fourth-order valence-electron chi connectivity index (χ4n) is 1.70. The first-order valence-electron chi connectivity index (χ1n) is 5.24. The van der Waals surface area contributed by atoms with Crippen LogP contribution in [0.3, 0.4) is 0 Å². The van der Waals surface area contributed by atoms with Gasteiger partial charge < -0.3 is 5.11 Å². The van der Waals surface area contributed by atoms with E-state index in [0.717, 1.165) is 0 Å². The smallest absolute Gasteiger partial charge is 0.144 e. The summed E-state index contributed by atoms with van der Waals surface area (Å²) in [7, 11) is 1.71. The number of nitrogens with zero attached hydrogens (tertiary/aromatic N) is 1. The molecule has 0 bridgehead atoms. The number of halogens is 3. The van der Waals surface area contributed by atoms with Gasteiger partial charge >= 0.3 is 0 Å². The normalized spacial score (nSPS) is 12.2. The molecule has 0 amide bonds. The van der Waals surface area contributed by atoms with E-state index in [1.54, 1.807) is 25.8 Å². The van der Waals surface area contributed by atoms with Gasteiger partial charge in [-0.05, 0) is 49.0 Å². The molecule has 17 heavy (non-hydrogen) atoms. The van der Waals surface area contributed by atoms with E-state index in [0.29, 0.717) is 6.54 Å². The number of aliphatic hydroxyl groups is 1. The molecule has 1 aromatic carbocycles. The molecule has 0 aliphatic carbocycles. The van der Waals surface area contributed by atoms with E-state index in [2.05, 4.69) is 15.9 Å². The predicted molar refractivity (Wildman–Crippen MR) is 66.7 cm³/mol. The molecule has 0 unspecified atom stereocenters. The first-order valence-corrected chi connectivity index (χ1v) is 6.03. The number of hydrogen-bond acceptors (Lipinski definition) is 2. The topological polar surface area (TPSA) is 23.5 Å². The third-order valence-electron chi connectivity index (χ3n) is 2.22. The van der Waals surface area contributed by atoms with Crippen molar-refractivity contribution < 1.29 is 13.9 Å². The van der Waals surface area contributed by atoms with Crippen molar-refractivity contribution in [3.63, 3.8) is 0 Å². The first-order chi connectivity index (χ1) is 7.70. The monoisotopic (exact) mass is 307 g/mol. The molecule has 2 nitrogen and oxygen atoms in total. The van der Waals surface area contributed by atoms with Gasteiger partial charge in [-0.1, -0.05) is 0 Å². The van der Waals surface area contributed by atoms with Crippen LogP contribution >= 0.6 is 15.9 Å². The van der Waals surface area contributed by atoms with Crippen LogP contribution in [-0.2, 0) is 6.54 Å². The van der Waals surface area contributed by atoms with Crippen LogP contribution in [0.15, 0.2) is 16.6 Å². The number of hydrogen-bond donors (Lipinski definition) is 1. The molecule has 0 saturated carbocycles. The van der Waals surface area contributed by atoms with Crippen molar-refractivity contribution in [3.05, 3.63) is 33.8 Å². The van der Waals surface area contributed by atoms with Gasteiger partial charge in [0.1, 0.15) is 11.6 Å². The van der Waals surface area contributed by atoms with Crippen molar-refractivity contribution in [3.8, 4) is 0 Å². The number of likely N-dealkylation sites (N-methyl/N-ethyl adjacent to an activating group) is 1. The Hall–Kier alpha value is -0.520. The highest BCUT2D eigenvalue weighted by atomic mass is 79.9. The van der Waals surface area contributed by atoms with Crippen LogP contribution in [-0.4, -0.2) is 29.2 Å². The molecule has 1 aromatic rings. The maximum atomic E-state index is 13.7. The van der Waals surface area contributed by atoms with Gasteiger partial charge in [0.15, 0.2) is 0 Å². The summed E-state index contributed by atoms with van der Waals surface area (Å²) in [6.45, 7) is 3.74. The van der Waals surface area contributed by atoms with Gasteiger partial charge in [-0.2, -0.15) is 0 Å². The van der Waals surface area contributed by atoms with Crippen molar-refractivity contribution in [1.82, 2.24) is 4.90 Å². The third kappa shape index (κ3) is 4.33. The molecule has 1 N–H and O–H groups in total. The lowest BCUT2D eigenvalue weighted by Crippen LogP contribution is -2.36. The minimum Gasteiger partial charge on any atom is -0.389 e. The van der Waals surface area contributed by atoms with Crippen LogP contribution in [0, 0.1) is 11.6 Å². The van der Waals surface area contributed by atoms with E-state index >= 15 is 0 Å². The van der Waals surface area contributed by atoms with E-state index in [1.807, 2.05) is 0 Å². The Labute approximate surface area is 108 Å². The molecule has 96 valence electrons. The van der Waals surface area contributed by atoms with E-state index in [9.17, 15) is 13.9 Å². The lowest BCUT2D eigenvalue weighted by Gasteiger charge is -2.25. The Morgan fingerprint density at radius 3 is 2.47 bits per heavy atom. The van der Waals surface area contributed by atoms with Gasteiger partial charge in [0.05, 0.1) is 10.1 Å². The van der Waals surface area contributed by atoms with E-state index in [4.69, 9.17) is 0 Å². The molecule has 0 aromatic heterocycles. The summed E-state index contributed by atoms with van der Waals surface area (Å²) in [5.41, 5.74) is -0.889. The van der Waals surface area contributed by atoms with Crippen molar-refractivity contribution >= 4 is 15.9 Å². The van der Waals surface area contributed by atoms with Gasteiger partial charge in [0.2, 0.25) is 0 Å². The van der Waals surface area contributed by atoms with Crippen molar-refractivity contribution in [2.24, 2.45) is 0 Å². The Morgan fingerprint density at radius 2 is 1.94 bits per heavy atom. The highest BCUT2D eigenvalue weighted by molar-refractivity contribution is 9.10. The zero-order valence-electron chi connectivity index (χ0n) is 10.1. The van der Waals surface area contributed by atoms with Crippen LogP contribution in [0.1, 0.15) is 19.4 Å². The van der Waals surface area contributed by atoms with Crippen LogP contribution in [0.2, 0.25) is 0 Å². The molecule has 0 aliphatic rings. The summed E-state index contributed by atoms with van der Waals surface area (Å²) in [6, 6.07) is 2.56. The minimum atomic E-state index is -0.895. The third-order valence-corrected chi connectivity index (χ3v) is 2.84. The highest BCUT2D eigenvalue weighted by Crippen LogP contribution is 2.22. The largest absolute Gasteiger partial charge is 0.389 e. The van der Waals surface area contributed by atoms with E-state index in [1.165, 1.54) is 12.1 Å². The maximum absolute atomic E-state index is 13.7. The maximum Gasteiger partial charge on any atom is 0.144 e. The Bertz CT molecular complexity index is 404. The van der Waals surface area contributed by atoms with Crippen molar-refractivity contribution in [2.45, 2.75) is 26.0 Å². The predicted octanol–water partition coefficient (Wildman–Crippen LogP) is 2.93. The minimum absolute atomic E-state index is 0.00567. The summed E-state index contributed by atoms with van der Waals surface area (Å²) in [6.07, 6.45) is 0. The standard InChI is InChI=1S/C12H16BrF2NO/c1-12(2,17)7-16(3)6-8-10(14)5-4-9(13)11(8)15/h4-5,17H,6-7H2,1-3H3. The van der Waals surface area contributed by atoms with Gasteiger partial charge in [-0.25, -0.2) is 8.78 Å². The summed E-state index contributed by atoms with van der Waals surface area (Å²) >= 11 is 3.02. The van der Waals surface area contributed by atoms with Crippen molar-refractivity contribution in [2.75, 3.05) is 13.6 Å². The Kier molecular flexibility index (Phi) is 4.63. The number of rotatable bonds is 4. The molecule has 5 heteroatoms. The first kappa shape index (κ1) is 14.5. The highest BCUT2D eigenvalue weighted by Gasteiger charge is 2.19. The summed E-state index contributed by atoms with van der Waals surface area (Å²) in [5, 5.41) is 9.62. The molecular weight excluding hydrogens is 292 g/mol. The summed E-state index contributed by atoms with van der Waals surface area (Å²) < 4.78 is 27.4. The van der Waals surface area contributed by atoms with E-state index < -0.39 is 17.2 Å². The second kappa shape index (κ2) is 5.42. The Balaban J connectivity index is 2.85. The zero-order chi connectivity index (χ0) is 13.2. The van der Waals surface area contributed by atoms with Gasteiger partial charge in [-0.3, -0.25) is 4.90 Å². The average molecular weight is 308 g/mol. The lowest BCUT2D eigenvalue weighted by molar-refractivity contribution is 0.0418. The van der Waals surface area contributed by atoms with Gasteiger partial charge in [0.25, 0.3) is 0 Å². The molecular formula is C12H16BrF2NO. The quantitative estimate of drug-likeness (QED) is 0.865. The van der Waals surface area contributed by atoms with Crippen molar-refractivity contribution in [1.29, 1.82) is 0 Å². The molecule has 0 atom stereocenters. The second-order valence-electron chi connectivity index (χ2n) is 4.81. The lowest BCUT2D eigenvalue weighted by atomic mass is 10.1. The molecule has 0 aliphatic heterocycles.